The quantitative estimate of drug-likeness (QED) is 0.594. The molecule has 0 saturated carbocycles. The Morgan fingerprint density at radius 3 is 2.57 bits per heavy atom. The van der Waals surface area contributed by atoms with Crippen molar-refractivity contribution in [3.63, 3.8) is 0 Å². The van der Waals surface area contributed by atoms with Gasteiger partial charge in [0.2, 0.25) is 0 Å². The van der Waals surface area contributed by atoms with E-state index in [1.807, 2.05) is 0 Å². The monoisotopic (exact) mass is 213 g/mol. The molecule has 0 bridgehead atoms. The summed E-state index contributed by atoms with van der Waals surface area (Å²) in [7, 11) is 0. The van der Waals surface area contributed by atoms with Gasteiger partial charge in [0.15, 0.2) is 0 Å². The summed E-state index contributed by atoms with van der Waals surface area (Å²) in [6.07, 6.45) is -0.153. The van der Waals surface area contributed by atoms with Crippen molar-refractivity contribution in [2.45, 2.75) is 31.3 Å². The van der Waals surface area contributed by atoms with Gasteiger partial charge >= 0.3 is 0 Å². The molecule has 1 unspecified atom stereocenters. The SMILES string of the molecule is Cc1ccc(SNCCC(C)F)cc1. The largest absolute Gasteiger partial charge is 0.260 e. The van der Waals surface area contributed by atoms with E-state index in [-0.39, 0.29) is 0 Å². The Kier molecular flexibility index (Phi) is 4.98. The fourth-order valence-electron chi connectivity index (χ4n) is 0.998. The van der Waals surface area contributed by atoms with Crippen LogP contribution < -0.4 is 4.72 Å². The van der Waals surface area contributed by atoms with Gasteiger partial charge in [-0.2, -0.15) is 0 Å². The number of nitrogens with one attached hydrogen (secondary N) is 1. The first-order valence-electron chi connectivity index (χ1n) is 4.79. The van der Waals surface area contributed by atoms with Crippen LogP contribution in [0.3, 0.4) is 0 Å². The summed E-state index contributed by atoms with van der Waals surface area (Å²) in [5.41, 5.74) is 1.26. The summed E-state index contributed by atoms with van der Waals surface area (Å²) < 4.78 is 15.6. The highest BCUT2D eigenvalue weighted by Gasteiger charge is 1.97. The van der Waals surface area contributed by atoms with Crippen molar-refractivity contribution in [2.24, 2.45) is 0 Å². The topological polar surface area (TPSA) is 12.0 Å². The van der Waals surface area contributed by atoms with Crippen molar-refractivity contribution in [1.82, 2.24) is 4.72 Å². The average molecular weight is 213 g/mol. The van der Waals surface area contributed by atoms with E-state index in [0.29, 0.717) is 13.0 Å². The smallest absolute Gasteiger partial charge is 0.0986 e. The molecule has 78 valence electrons. The summed E-state index contributed by atoms with van der Waals surface area (Å²) in [4.78, 5) is 1.17. The van der Waals surface area contributed by atoms with Gasteiger partial charge in [0.05, 0.1) is 6.17 Å². The van der Waals surface area contributed by atoms with E-state index in [1.54, 1.807) is 18.9 Å². The minimum atomic E-state index is -0.721. The van der Waals surface area contributed by atoms with Crippen LogP contribution in [-0.4, -0.2) is 12.7 Å². The van der Waals surface area contributed by atoms with Gasteiger partial charge in [-0.25, -0.2) is 4.39 Å². The standard InChI is InChI=1S/C11H16FNS/c1-9-3-5-11(6-4-9)14-13-8-7-10(2)12/h3-6,10,13H,7-8H2,1-2H3. The van der Waals surface area contributed by atoms with Gasteiger partial charge in [0.1, 0.15) is 0 Å². The van der Waals surface area contributed by atoms with Gasteiger partial charge in [-0.1, -0.05) is 17.7 Å². The Labute approximate surface area is 89.2 Å². The lowest BCUT2D eigenvalue weighted by molar-refractivity contribution is 0.343. The van der Waals surface area contributed by atoms with Crippen LogP contribution in [0.1, 0.15) is 18.9 Å². The predicted octanol–water partition coefficient (Wildman–Crippen LogP) is 3.34. The summed E-state index contributed by atoms with van der Waals surface area (Å²) >= 11 is 1.55. The Morgan fingerprint density at radius 1 is 1.36 bits per heavy atom. The molecular weight excluding hydrogens is 197 g/mol. The van der Waals surface area contributed by atoms with E-state index in [9.17, 15) is 4.39 Å². The van der Waals surface area contributed by atoms with Gasteiger partial charge in [-0.15, -0.1) is 0 Å². The van der Waals surface area contributed by atoms with E-state index < -0.39 is 6.17 Å². The fraction of sp³-hybridized carbons (Fsp3) is 0.455. The maximum Gasteiger partial charge on any atom is 0.0986 e. The van der Waals surface area contributed by atoms with Crippen molar-refractivity contribution in [2.75, 3.05) is 6.54 Å². The molecule has 1 rings (SSSR count). The van der Waals surface area contributed by atoms with Gasteiger partial charge in [-0.3, -0.25) is 4.72 Å². The second kappa shape index (κ2) is 6.04. The Bertz CT molecular complexity index is 258. The number of hydrogen-bond donors (Lipinski definition) is 1. The minimum Gasteiger partial charge on any atom is -0.260 e. The zero-order chi connectivity index (χ0) is 10.4. The molecule has 1 nitrogen and oxygen atoms in total. The highest BCUT2D eigenvalue weighted by Crippen LogP contribution is 2.14. The number of alkyl halides is 1. The van der Waals surface area contributed by atoms with Crippen LogP contribution in [0.2, 0.25) is 0 Å². The molecule has 14 heavy (non-hydrogen) atoms. The first-order chi connectivity index (χ1) is 6.68. The first kappa shape index (κ1) is 11.5. The van der Waals surface area contributed by atoms with Crippen LogP contribution in [0.15, 0.2) is 29.2 Å². The van der Waals surface area contributed by atoms with Gasteiger partial charge < -0.3 is 0 Å². The van der Waals surface area contributed by atoms with Crippen LogP contribution >= 0.6 is 11.9 Å². The third kappa shape index (κ3) is 4.63. The third-order valence-electron chi connectivity index (χ3n) is 1.86. The van der Waals surface area contributed by atoms with Gasteiger partial charge in [0, 0.05) is 11.4 Å². The molecule has 1 N–H and O–H groups in total. The van der Waals surface area contributed by atoms with Crippen molar-refractivity contribution in [3.05, 3.63) is 29.8 Å². The number of aryl methyl sites for hydroxylation is 1. The molecular formula is C11H16FNS. The molecule has 0 saturated heterocycles. The lowest BCUT2D eigenvalue weighted by Crippen LogP contribution is -2.09. The van der Waals surface area contributed by atoms with E-state index in [2.05, 4.69) is 35.9 Å². The molecule has 1 aromatic carbocycles. The molecule has 0 amide bonds. The zero-order valence-electron chi connectivity index (χ0n) is 8.59. The van der Waals surface area contributed by atoms with E-state index in [1.165, 1.54) is 10.5 Å². The maximum atomic E-state index is 12.4. The van der Waals surface area contributed by atoms with E-state index >= 15 is 0 Å². The number of halogens is 1. The summed E-state index contributed by atoms with van der Waals surface area (Å²) in [5, 5.41) is 0. The fourth-order valence-corrected chi connectivity index (χ4v) is 1.66. The minimum absolute atomic E-state index is 0.568. The first-order valence-corrected chi connectivity index (χ1v) is 5.60. The average Bonchev–Trinajstić information content (AvgIpc) is 2.15. The molecule has 0 aliphatic heterocycles. The van der Waals surface area contributed by atoms with E-state index in [0.717, 1.165) is 0 Å². The van der Waals surface area contributed by atoms with Crippen LogP contribution in [0, 0.1) is 6.92 Å². The molecule has 3 heteroatoms. The highest BCUT2D eigenvalue weighted by molar-refractivity contribution is 7.97. The Hall–Kier alpha value is -0.540. The molecule has 1 aromatic rings. The molecule has 0 heterocycles. The summed E-state index contributed by atoms with van der Waals surface area (Å²) in [5.74, 6) is 0. The summed E-state index contributed by atoms with van der Waals surface area (Å²) in [6.45, 7) is 4.35. The van der Waals surface area contributed by atoms with Crippen molar-refractivity contribution >= 4 is 11.9 Å². The van der Waals surface area contributed by atoms with Crippen molar-refractivity contribution in [3.8, 4) is 0 Å². The molecule has 0 aromatic heterocycles. The molecule has 0 fully saturated rings. The van der Waals surface area contributed by atoms with Crippen LogP contribution in [0.4, 0.5) is 4.39 Å². The van der Waals surface area contributed by atoms with Gasteiger partial charge in [-0.05, 0) is 44.3 Å². The molecule has 1 atom stereocenters. The van der Waals surface area contributed by atoms with Crippen molar-refractivity contribution in [1.29, 1.82) is 0 Å². The second-order valence-corrected chi connectivity index (χ2v) is 4.34. The highest BCUT2D eigenvalue weighted by atomic mass is 32.2. The lowest BCUT2D eigenvalue weighted by Gasteiger charge is -2.04. The number of rotatable bonds is 5. The molecule has 0 aliphatic carbocycles. The zero-order valence-corrected chi connectivity index (χ0v) is 9.40. The van der Waals surface area contributed by atoms with Crippen LogP contribution in [0.25, 0.3) is 0 Å². The lowest BCUT2D eigenvalue weighted by atomic mass is 10.2. The molecule has 0 spiro atoms. The van der Waals surface area contributed by atoms with Crippen LogP contribution in [0.5, 0.6) is 0 Å². The van der Waals surface area contributed by atoms with Crippen LogP contribution in [-0.2, 0) is 0 Å². The number of hydrogen-bond acceptors (Lipinski definition) is 2. The second-order valence-electron chi connectivity index (χ2n) is 3.38. The Morgan fingerprint density at radius 2 is 2.00 bits per heavy atom. The third-order valence-corrected chi connectivity index (χ3v) is 2.71. The van der Waals surface area contributed by atoms with E-state index in [4.69, 9.17) is 0 Å². The molecule has 0 radical (unpaired) electrons. The van der Waals surface area contributed by atoms with Crippen molar-refractivity contribution < 1.29 is 4.39 Å². The molecule has 0 aliphatic rings. The normalized spacial score (nSPS) is 12.8. The van der Waals surface area contributed by atoms with Gasteiger partial charge in [0.25, 0.3) is 0 Å². The number of benzene rings is 1. The Balaban J connectivity index is 2.21. The predicted molar refractivity (Wildman–Crippen MR) is 60.2 cm³/mol. The maximum absolute atomic E-state index is 12.4. The summed E-state index contributed by atoms with van der Waals surface area (Å²) in [6, 6.07) is 8.27.